The number of aryl methyl sites for hydroxylation is 1. The lowest BCUT2D eigenvalue weighted by molar-refractivity contribution is -0.122. The zero-order valence-corrected chi connectivity index (χ0v) is 14.9. The minimum Gasteiger partial charge on any atom is -0.506 e. The Morgan fingerprint density at radius 3 is 2.65 bits per heavy atom. The molecule has 0 aromatic heterocycles. The maximum atomic E-state index is 12.5. The summed E-state index contributed by atoms with van der Waals surface area (Å²) >= 11 is 0. The number of aromatic hydroxyl groups is 1. The van der Waals surface area contributed by atoms with Gasteiger partial charge in [0.05, 0.1) is 18.2 Å². The van der Waals surface area contributed by atoms with E-state index in [1.54, 1.807) is 23.1 Å². The lowest BCUT2D eigenvalue weighted by atomic mass is 10.1. The lowest BCUT2D eigenvalue weighted by Gasteiger charge is -2.17. The molecule has 2 aromatic carbocycles. The fourth-order valence-electron chi connectivity index (χ4n) is 3.00. The van der Waals surface area contributed by atoms with Crippen LogP contribution in [-0.2, 0) is 9.59 Å². The largest absolute Gasteiger partial charge is 0.506 e. The molecule has 26 heavy (non-hydrogen) atoms. The molecule has 6 heteroatoms. The highest BCUT2D eigenvalue weighted by atomic mass is 16.5. The maximum absolute atomic E-state index is 12.5. The van der Waals surface area contributed by atoms with Gasteiger partial charge in [-0.05, 0) is 55.8 Å². The van der Waals surface area contributed by atoms with Crippen molar-refractivity contribution in [3.63, 3.8) is 0 Å². The summed E-state index contributed by atoms with van der Waals surface area (Å²) in [6.45, 7) is 4.66. The average Bonchev–Trinajstić information content (AvgIpc) is 3.00. The molecule has 1 aliphatic rings. The summed E-state index contributed by atoms with van der Waals surface area (Å²) in [7, 11) is 0. The second-order valence-electron chi connectivity index (χ2n) is 6.34. The van der Waals surface area contributed by atoms with Crippen LogP contribution in [0, 0.1) is 12.8 Å². The quantitative estimate of drug-likeness (QED) is 0.809. The first-order chi connectivity index (χ1) is 12.5. The Bertz CT molecular complexity index is 817. The van der Waals surface area contributed by atoms with Gasteiger partial charge in [-0.1, -0.05) is 6.07 Å². The van der Waals surface area contributed by atoms with Gasteiger partial charge >= 0.3 is 0 Å². The van der Waals surface area contributed by atoms with Crippen molar-refractivity contribution in [2.45, 2.75) is 20.3 Å². The average molecular weight is 354 g/mol. The monoisotopic (exact) mass is 354 g/mol. The molecule has 1 unspecified atom stereocenters. The molecule has 1 aliphatic heterocycles. The predicted molar refractivity (Wildman–Crippen MR) is 99.5 cm³/mol. The van der Waals surface area contributed by atoms with Crippen LogP contribution in [0.4, 0.5) is 11.4 Å². The zero-order valence-electron chi connectivity index (χ0n) is 14.9. The van der Waals surface area contributed by atoms with E-state index in [2.05, 4.69) is 5.32 Å². The minimum atomic E-state index is -0.463. The molecule has 1 atom stereocenters. The van der Waals surface area contributed by atoms with Gasteiger partial charge in [0.1, 0.15) is 11.5 Å². The number of nitrogens with zero attached hydrogens (tertiary/aromatic N) is 1. The lowest BCUT2D eigenvalue weighted by Crippen LogP contribution is -2.28. The summed E-state index contributed by atoms with van der Waals surface area (Å²) in [6.07, 6.45) is 0.145. The molecule has 2 amide bonds. The van der Waals surface area contributed by atoms with Crippen LogP contribution >= 0.6 is 0 Å². The van der Waals surface area contributed by atoms with Crippen LogP contribution in [-0.4, -0.2) is 30.1 Å². The first-order valence-corrected chi connectivity index (χ1v) is 8.61. The summed E-state index contributed by atoms with van der Waals surface area (Å²) in [5.41, 5.74) is 2.00. The van der Waals surface area contributed by atoms with Crippen LogP contribution in [0.25, 0.3) is 0 Å². The van der Waals surface area contributed by atoms with E-state index in [9.17, 15) is 14.7 Å². The van der Waals surface area contributed by atoms with E-state index in [1.165, 1.54) is 0 Å². The number of benzene rings is 2. The van der Waals surface area contributed by atoms with Crippen LogP contribution in [0.3, 0.4) is 0 Å². The fourth-order valence-corrected chi connectivity index (χ4v) is 3.00. The van der Waals surface area contributed by atoms with Gasteiger partial charge in [0.25, 0.3) is 0 Å². The number of carbonyl (C=O) groups is 2. The summed E-state index contributed by atoms with van der Waals surface area (Å²) in [5.74, 6) is -0.0683. The maximum Gasteiger partial charge on any atom is 0.229 e. The second-order valence-corrected chi connectivity index (χ2v) is 6.34. The molecule has 1 heterocycles. The van der Waals surface area contributed by atoms with Gasteiger partial charge < -0.3 is 20.1 Å². The topological polar surface area (TPSA) is 78.9 Å². The molecule has 1 fully saturated rings. The number of anilines is 2. The summed E-state index contributed by atoms with van der Waals surface area (Å²) in [6, 6.07) is 12.3. The van der Waals surface area contributed by atoms with Crippen molar-refractivity contribution in [1.82, 2.24) is 0 Å². The van der Waals surface area contributed by atoms with Crippen LogP contribution < -0.4 is 15.0 Å². The van der Waals surface area contributed by atoms with Gasteiger partial charge in [-0.25, -0.2) is 0 Å². The number of hydrogen-bond acceptors (Lipinski definition) is 4. The van der Waals surface area contributed by atoms with E-state index in [1.807, 2.05) is 38.1 Å². The molecule has 0 aliphatic carbocycles. The number of rotatable bonds is 5. The molecule has 3 rings (SSSR count). The smallest absolute Gasteiger partial charge is 0.229 e. The predicted octanol–water partition coefficient (Wildman–Crippen LogP) is 3.09. The molecule has 6 nitrogen and oxygen atoms in total. The van der Waals surface area contributed by atoms with Crippen LogP contribution in [0.1, 0.15) is 18.9 Å². The van der Waals surface area contributed by atoms with E-state index in [-0.39, 0.29) is 24.0 Å². The van der Waals surface area contributed by atoms with Crippen molar-refractivity contribution in [3.05, 3.63) is 48.0 Å². The minimum absolute atomic E-state index is 0.0195. The molecule has 1 saturated heterocycles. The van der Waals surface area contributed by atoms with Crippen molar-refractivity contribution in [3.8, 4) is 11.5 Å². The molecule has 0 radical (unpaired) electrons. The van der Waals surface area contributed by atoms with Crippen LogP contribution in [0.2, 0.25) is 0 Å². The molecule has 0 saturated carbocycles. The molecular weight excluding hydrogens is 332 g/mol. The number of amides is 2. The SMILES string of the molecule is CCOc1ccc(N2CC(C(=O)Nc3ccc(C)cc3O)CC2=O)cc1. The highest BCUT2D eigenvalue weighted by Crippen LogP contribution is 2.29. The number of hydrogen-bond donors (Lipinski definition) is 2. The Hall–Kier alpha value is -3.02. The third-order valence-electron chi connectivity index (χ3n) is 4.37. The molecule has 0 bridgehead atoms. The van der Waals surface area contributed by atoms with Gasteiger partial charge in [0.2, 0.25) is 11.8 Å². The number of phenolic OH excluding ortho intramolecular Hbond substituents is 1. The second kappa shape index (κ2) is 7.47. The highest BCUT2D eigenvalue weighted by molar-refractivity contribution is 6.03. The Morgan fingerprint density at radius 2 is 2.00 bits per heavy atom. The Kier molecular flexibility index (Phi) is 5.11. The highest BCUT2D eigenvalue weighted by Gasteiger charge is 2.35. The van der Waals surface area contributed by atoms with Gasteiger partial charge in [0, 0.05) is 18.7 Å². The van der Waals surface area contributed by atoms with Crippen LogP contribution in [0.5, 0.6) is 11.5 Å². The number of phenols is 1. The number of carbonyl (C=O) groups excluding carboxylic acids is 2. The Labute approximate surface area is 152 Å². The van der Waals surface area contributed by atoms with Gasteiger partial charge in [-0.3, -0.25) is 9.59 Å². The summed E-state index contributed by atoms with van der Waals surface area (Å²) in [5, 5.41) is 12.6. The molecule has 136 valence electrons. The first kappa shape index (κ1) is 17.8. The van der Waals surface area contributed by atoms with Gasteiger partial charge in [0.15, 0.2) is 0 Å². The summed E-state index contributed by atoms with van der Waals surface area (Å²) < 4.78 is 5.40. The van der Waals surface area contributed by atoms with E-state index < -0.39 is 5.92 Å². The zero-order chi connectivity index (χ0) is 18.7. The Morgan fingerprint density at radius 1 is 1.27 bits per heavy atom. The number of ether oxygens (including phenoxy) is 1. The summed E-state index contributed by atoms with van der Waals surface area (Å²) in [4.78, 5) is 26.4. The van der Waals surface area contributed by atoms with Crippen molar-refractivity contribution in [2.75, 3.05) is 23.4 Å². The van der Waals surface area contributed by atoms with Crippen molar-refractivity contribution < 1.29 is 19.4 Å². The molecular formula is C20H22N2O4. The first-order valence-electron chi connectivity index (χ1n) is 8.61. The fraction of sp³-hybridized carbons (Fsp3) is 0.300. The van der Waals surface area contributed by atoms with E-state index in [0.29, 0.717) is 18.8 Å². The van der Waals surface area contributed by atoms with Gasteiger partial charge in [-0.2, -0.15) is 0 Å². The molecule has 2 N–H and O–H groups in total. The van der Waals surface area contributed by atoms with Crippen LogP contribution in [0.15, 0.2) is 42.5 Å². The van der Waals surface area contributed by atoms with E-state index in [0.717, 1.165) is 17.0 Å². The molecule has 2 aromatic rings. The Balaban J connectivity index is 1.67. The molecule has 0 spiro atoms. The third kappa shape index (κ3) is 3.79. The number of nitrogens with one attached hydrogen (secondary N) is 1. The van der Waals surface area contributed by atoms with Gasteiger partial charge in [-0.15, -0.1) is 0 Å². The van der Waals surface area contributed by atoms with E-state index in [4.69, 9.17) is 4.74 Å². The third-order valence-corrected chi connectivity index (χ3v) is 4.37. The normalized spacial score (nSPS) is 16.6. The van der Waals surface area contributed by atoms with Crippen molar-refractivity contribution >= 4 is 23.2 Å². The standard InChI is InChI=1S/C20H22N2O4/c1-3-26-16-7-5-15(6-8-16)22-12-14(11-19(22)24)20(25)21-17-9-4-13(2)10-18(17)23/h4-10,14,23H,3,11-12H2,1-2H3,(H,21,25). The van der Waals surface area contributed by atoms with Crippen molar-refractivity contribution in [2.24, 2.45) is 5.92 Å². The van der Waals surface area contributed by atoms with Crippen molar-refractivity contribution in [1.29, 1.82) is 0 Å². The van der Waals surface area contributed by atoms with E-state index >= 15 is 0 Å².